The Hall–Kier alpha value is -2.61. The molecule has 0 aliphatic carbocycles. The monoisotopic (exact) mass is 380 g/mol. The first-order chi connectivity index (χ1) is 12.1. The van der Waals surface area contributed by atoms with E-state index in [1.54, 1.807) is 12.1 Å². The lowest BCUT2D eigenvalue weighted by Gasteiger charge is -2.28. The molecule has 2 aromatic rings. The number of carbonyl (C=O) groups is 1. The lowest BCUT2D eigenvalue weighted by Crippen LogP contribution is -2.45. The van der Waals surface area contributed by atoms with Crippen molar-refractivity contribution in [2.24, 2.45) is 0 Å². The van der Waals surface area contributed by atoms with Crippen molar-refractivity contribution in [2.75, 3.05) is 23.0 Å². The van der Waals surface area contributed by atoms with Gasteiger partial charge in [0.1, 0.15) is 17.6 Å². The number of aryl methyl sites for hydroxylation is 1. The maximum absolute atomic E-state index is 13.2. The highest BCUT2D eigenvalue weighted by atomic mass is 32.2. The van der Waals surface area contributed by atoms with Crippen molar-refractivity contribution in [3.8, 4) is 5.75 Å². The van der Waals surface area contributed by atoms with Crippen LogP contribution in [0.1, 0.15) is 12.5 Å². The molecule has 6 nitrogen and oxygen atoms in total. The second-order valence-corrected chi connectivity index (χ2v) is 7.76. The Kier molecular flexibility index (Phi) is 5.86. The van der Waals surface area contributed by atoms with Crippen LogP contribution in [0.2, 0.25) is 0 Å². The molecule has 0 spiro atoms. The first-order valence-corrected chi connectivity index (χ1v) is 9.69. The number of sulfonamides is 1. The van der Waals surface area contributed by atoms with Crippen LogP contribution >= 0.6 is 0 Å². The number of rotatable bonds is 6. The highest BCUT2D eigenvalue weighted by molar-refractivity contribution is 7.92. The van der Waals surface area contributed by atoms with Crippen molar-refractivity contribution in [1.29, 1.82) is 0 Å². The maximum atomic E-state index is 13.2. The van der Waals surface area contributed by atoms with E-state index >= 15 is 0 Å². The summed E-state index contributed by atoms with van der Waals surface area (Å²) >= 11 is 0. The number of methoxy groups -OCH3 is 1. The minimum absolute atomic E-state index is 0.202. The summed E-state index contributed by atoms with van der Waals surface area (Å²) in [5.74, 6) is -0.573. The highest BCUT2D eigenvalue weighted by Crippen LogP contribution is 2.27. The predicted octanol–water partition coefficient (Wildman–Crippen LogP) is 2.94. The summed E-state index contributed by atoms with van der Waals surface area (Å²) in [7, 11) is -2.30. The van der Waals surface area contributed by atoms with Gasteiger partial charge in [-0.2, -0.15) is 0 Å². The number of hydrogen-bond donors (Lipinski definition) is 1. The number of ether oxygens (including phenoxy) is 1. The van der Waals surface area contributed by atoms with Gasteiger partial charge in [0.2, 0.25) is 15.9 Å². The third kappa shape index (κ3) is 4.51. The largest absolute Gasteiger partial charge is 0.495 e. The normalized spacial score (nSPS) is 12.3. The number of anilines is 2. The van der Waals surface area contributed by atoms with Crippen molar-refractivity contribution < 1.29 is 22.3 Å². The molecule has 0 aliphatic heterocycles. The van der Waals surface area contributed by atoms with Gasteiger partial charge in [0.05, 0.1) is 24.7 Å². The van der Waals surface area contributed by atoms with E-state index < -0.39 is 27.8 Å². The number of nitrogens with one attached hydrogen (secondary N) is 1. The third-order valence-corrected chi connectivity index (χ3v) is 5.02. The summed E-state index contributed by atoms with van der Waals surface area (Å²) in [5.41, 5.74) is 1.55. The lowest BCUT2D eigenvalue weighted by molar-refractivity contribution is -0.116. The summed E-state index contributed by atoms with van der Waals surface area (Å²) in [4.78, 5) is 12.7. The van der Waals surface area contributed by atoms with Crippen molar-refractivity contribution in [2.45, 2.75) is 19.9 Å². The molecule has 26 heavy (non-hydrogen) atoms. The van der Waals surface area contributed by atoms with E-state index in [2.05, 4.69) is 5.32 Å². The maximum Gasteiger partial charge on any atom is 0.248 e. The average molecular weight is 380 g/mol. The number of amides is 1. The molecule has 140 valence electrons. The van der Waals surface area contributed by atoms with Crippen LogP contribution < -0.4 is 14.4 Å². The van der Waals surface area contributed by atoms with Gasteiger partial charge >= 0.3 is 0 Å². The Balaban J connectivity index is 2.34. The van der Waals surface area contributed by atoms with Crippen LogP contribution in [0.3, 0.4) is 0 Å². The molecule has 1 amide bonds. The molecule has 0 aromatic heterocycles. The van der Waals surface area contributed by atoms with Crippen molar-refractivity contribution >= 4 is 27.3 Å². The molecule has 2 rings (SSSR count). The van der Waals surface area contributed by atoms with E-state index in [1.807, 2.05) is 13.0 Å². The summed E-state index contributed by atoms with van der Waals surface area (Å²) in [6.07, 6.45) is 0.993. The first-order valence-electron chi connectivity index (χ1n) is 7.84. The fraction of sp³-hybridized carbons (Fsp3) is 0.278. The molecular formula is C18H21FN2O4S. The Morgan fingerprint density at radius 1 is 1.19 bits per heavy atom. The molecule has 0 saturated carbocycles. The topological polar surface area (TPSA) is 75.7 Å². The van der Waals surface area contributed by atoms with Crippen molar-refractivity contribution in [1.82, 2.24) is 0 Å². The minimum Gasteiger partial charge on any atom is -0.495 e. The van der Waals surface area contributed by atoms with Crippen molar-refractivity contribution in [3.05, 3.63) is 53.8 Å². The van der Waals surface area contributed by atoms with Crippen LogP contribution in [0.5, 0.6) is 5.75 Å². The fourth-order valence-electron chi connectivity index (χ4n) is 2.55. The number of nitrogens with zero attached hydrogens (tertiary/aromatic N) is 1. The van der Waals surface area contributed by atoms with Gasteiger partial charge in [-0.3, -0.25) is 9.10 Å². The van der Waals surface area contributed by atoms with Crippen LogP contribution in [0, 0.1) is 12.7 Å². The summed E-state index contributed by atoms with van der Waals surface area (Å²) in [6.45, 7) is 3.32. The highest BCUT2D eigenvalue weighted by Gasteiger charge is 2.29. The average Bonchev–Trinajstić information content (AvgIpc) is 2.55. The molecule has 1 N–H and O–H groups in total. The molecule has 0 fully saturated rings. The van der Waals surface area contributed by atoms with E-state index in [1.165, 1.54) is 26.2 Å². The minimum atomic E-state index is -3.77. The molecule has 0 aliphatic rings. The molecule has 0 heterocycles. The van der Waals surface area contributed by atoms with Gasteiger partial charge in [0.15, 0.2) is 0 Å². The first kappa shape index (κ1) is 19.7. The predicted molar refractivity (Wildman–Crippen MR) is 99.5 cm³/mol. The zero-order valence-corrected chi connectivity index (χ0v) is 15.8. The molecular weight excluding hydrogens is 359 g/mol. The zero-order chi connectivity index (χ0) is 19.5. The van der Waals surface area contributed by atoms with Crippen LogP contribution in [-0.2, 0) is 14.8 Å². The molecule has 0 saturated heterocycles. The van der Waals surface area contributed by atoms with E-state index in [0.29, 0.717) is 11.4 Å². The molecule has 1 atom stereocenters. The molecule has 0 bridgehead atoms. The van der Waals surface area contributed by atoms with Gasteiger partial charge in [-0.05, 0) is 55.8 Å². The lowest BCUT2D eigenvalue weighted by atomic mass is 10.2. The van der Waals surface area contributed by atoms with E-state index in [4.69, 9.17) is 4.74 Å². The number of benzene rings is 2. The summed E-state index contributed by atoms with van der Waals surface area (Å²) in [5, 5.41) is 2.69. The van der Waals surface area contributed by atoms with Crippen LogP contribution in [0.25, 0.3) is 0 Å². The molecule has 0 radical (unpaired) electrons. The number of hydrogen-bond acceptors (Lipinski definition) is 4. The van der Waals surface area contributed by atoms with Gasteiger partial charge in [-0.15, -0.1) is 0 Å². The van der Waals surface area contributed by atoms with Crippen molar-refractivity contribution in [3.63, 3.8) is 0 Å². The van der Waals surface area contributed by atoms with E-state index in [9.17, 15) is 17.6 Å². The zero-order valence-electron chi connectivity index (χ0n) is 15.0. The quantitative estimate of drug-likeness (QED) is 0.836. The van der Waals surface area contributed by atoms with Crippen LogP contribution in [0.4, 0.5) is 15.8 Å². The molecule has 2 aromatic carbocycles. The summed E-state index contributed by atoms with van der Waals surface area (Å²) in [6, 6.07) is 9.13. The Morgan fingerprint density at radius 3 is 2.35 bits per heavy atom. The second-order valence-electron chi connectivity index (χ2n) is 5.90. The van der Waals surface area contributed by atoms with Gasteiger partial charge in [-0.25, -0.2) is 12.8 Å². The Labute approximate surface area is 152 Å². The fourth-order valence-corrected chi connectivity index (χ4v) is 3.73. The van der Waals surface area contributed by atoms with Crippen LogP contribution in [-0.4, -0.2) is 33.7 Å². The standard InChI is InChI=1S/C18H21FN2O4S/c1-12-5-10-17(25-3)16(11-12)20-18(22)13(2)21(26(4,23)24)15-8-6-14(19)7-9-15/h5-11,13H,1-4H3,(H,20,22)/t13-/m1/s1. The second kappa shape index (κ2) is 7.74. The van der Waals surface area contributed by atoms with E-state index in [0.717, 1.165) is 28.3 Å². The smallest absolute Gasteiger partial charge is 0.248 e. The number of halogens is 1. The Bertz CT molecular complexity index is 898. The third-order valence-electron chi connectivity index (χ3n) is 3.78. The Morgan fingerprint density at radius 2 is 1.81 bits per heavy atom. The van der Waals surface area contributed by atoms with Gasteiger partial charge < -0.3 is 10.1 Å². The SMILES string of the molecule is COc1ccc(C)cc1NC(=O)[C@@H](C)N(c1ccc(F)cc1)S(C)(=O)=O. The molecule has 0 unspecified atom stereocenters. The number of carbonyl (C=O) groups excluding carboxylic acids is 1. The van der Waals surface area contributed by atoms with Gasteiger partial charge in [0.25, 0.3) is 0 Å². The van der Waals surface area contributed by atoms with E-state index in [-0.39, 0.29) is 5.69 Å². The molecule has 8 heteroatoms. The van der Waals surface area contributed by atoms with Gasteiger partial charge in [-0.1, -0.05) is 6.07 Å². The van der Waals surface area contributed by atoms with Crippen LogP contribution in [0.15, 0.2) is 42.5 Å². The summed E-state index contributed by atoms with van der Waals surface area (Å²) < 4.78 is 43.8. The van der Waals surface area contributed by atoms with Gasteiger partial charge in [0, 0.05) is 0 Å².